The average molecular weight is 330 g/mol. The van der Waals surface area contributed by atoms with Crippen LogP contribution in [-0.2, 0) is 0 Å². The molecule has 90 valence electrons. The van der Waals surface area contributed by atoms with Gasteiger partial charge in [-0.2, -0.15) is 0 Å². The first-order chi connectivity index (χ1) is 7.99. The first kappa shape index (κ1) is 13.4. The van der Waals surface area contributed by atoms with Gasteiger partial charge in [-0.15, -0.1) is 22.9 Å². The lowest BCUT2D eigenvalue weighted by Gasteiger charge is -2.09. The first-order valence-corrected chi connectivity index (χ1v) is 6.91. The molecule has 0 nitrogen and oxygen atoms in total. The Labute approximate surface area is 122 Å². The predicted octanol–water partition coefficient (Wildman–Crippen LogP) is 6.18. The molecule has 2 rings (SSSR count). The van der Waals surface area contributed by atoms with E-state index in [1.54, 1.807) is 12.1 Å². The summed E-state index contributed by atoms with van der Waals surface area (Å²) < 4.78 is 14.4. The quantitative estimate of drug-likeness (QED) is 0.577. The maximum absolute atomic E-state index is 13.3. The maximum Gasteiger partial charge on any atom is 0.142 e. The Morgan fingerprint density at radius 3 is 2.35 bits per heavy atom. The third-order valence-electron chi connectivity index (χ3n) is 2.19. The molecule has 0 radical (unpaired) electrons. The smallest absolute Gasteiger partial charge is 0.142 e. The molecule has 1 aromatic heterocycles. The topological polar surface area (TPSA) is 0 Å². The van der Waals surface area contributed by atoms with Gasteiger partial charge >= 0.3 is 0 Å². The highest BCUT2D eigenvalue weighted by Gasteiger charge is 2.18. The van der Waals surface area contributed by atoms with Crippen LogP contribution in [0.4, 0.5) is 4.39 Å². The number of thiophene rings is 1. The fraction of sp³-hybridized carbons (Fsp3) is 0.0909. The van der Waals surface area contributed by atoms with Crippen LogP contribution in [0.3, 0.4) is 0 Å². The van der Waals surface area contributed by atoms with Crippen molar-refractivity contribution in [2.45, 2.75) is 5.38 Å². The van der Waals surface area contributed by atoms with Crippen LogP contribution in [0.15, 0.2) is 24.3 Å². The van der Waals surface area contributed by atoms with Crippen LogP contribution in [-0.4, -0.2) is 0 Å². The third-order valence-corrected chi connectivity index (χ3v) is 4.50. The summed E-state index contributed by atoms with van der Waals surface area (Å²) in [7, 11) is 0. The van der Waals surface area contributed by atoms with E-state index in [1.165, 1.54) is 23.5 Å². The van der Waals surface area contributed by atoms with E-state index in [2.05, 4.69) is 0 Å². The zero-order valence-corrected chi connectivity index (χ0v) is 12.0. The van der Waals surface area contributed by atoms with Crippen molar-refractivity contribution in [3.05, 3.63) is 54.9 Å². The lowest BCUT2D eigenvalue weighted by atomic mass is 10.1. The minimum Gasteiger partial charge on any atom is -0.205 e. The van der Waals surface area contributed by atoms with Crippen LogP contribution < -0.4 is 0 Å². The van der Waals surface area contributed by atoms with Crippen LogP contribution in [0.2, 0.25) is 13.7 Å². The molecule has 2 aromatic rings. The van der Waals surface area contributed by atoms with Gasteiger partial charge in [-0.05, 0) is 23.8 Å². The SMILES string of the molecule is Fc1cc(C(Cl)c2cc(Cl)sc2Cl)ccc1Cl. The number of rotatable bonds is 2. The van der Waals surface area contributed by atoms with Crippen LogP contribution >= 0.6 is 57.7 Å². The molecular formula is C11H5Cl4FS. The second-order valence-electron chi connectivity index (χ2n) is 3.32. The molecule has 17 heavy (non-hydrogen) atoms. The summed E-state index contributed by atoms with van der Waals surface area (Å²) in [6, 6.07) is 6.09. The van der Waals surface area contributed by atoms with Crippen molar-refractivity contribution in [3.8, 4) is 0 Å². The van der Waals surface area contributed by atoms with Crippen molar-refractivity contribution < 1.29 is 4.39 Å². The van der Waals surface area contributed by atoms with E-state index >= 15 is 0 Å². The van der Waals surface area contributed by atoms with Gasteiger partial charge in [-0.1, -0.05) is 40.9 Å². The lowest BCUT2D eigenvalue weighted by molar-refractivity contribution is 0.626. The Bertz CT molecular complexity index is 552. The van der Waals surface area contributed by atoms with E-state index in [4.69, 9.17) is 46.4 Å². The normalized spacial score (nSPS) is 12.8. The Balaban J connectivity index is 2.40. The number of alkyl halides is 1. The highest BCUT2D eigenvalue weighted by molar-refractivity contribution is 7.20. The number of hydrogen-bond donors (Lipinski definition) is 0. The second-order valence-corrected chi connectivity index (χ2v) is 6.44. The van der Waals surface area contributed by atoms with Crippen molar-refractivity contribution in [3.63, 3.8) is 0 Å². The molecule has 6 heteroatoms. The van der Waals surface area contributed by atoms with E-state index in [9.17, 15) is 4.39 Å². The van der Waals surface area contributed by atoms with Crippen molar-refractivity contribution in [1.82, 2.24) is 0 Å². The second kappa shape index (κ2) is 5.33. The zero-order valence-electron chi connectivity index (χ0n) is 8.18. The summed E-state index contributed by atoms with van der Waals surface area (Å²) in [4.78, 5) is 0. The summed E-state index contributed by atoms with van der Waals surface area (Å²) in [6.07, 6.45) is 0. The van der Waals surface area contributed by atoms with E-state index in [0.29, 0.717) is 19.8 Å². The maximum atomic E-state index is 13.3. The van der Waals surface area contributed by atoms with Crippen molar-refractivity contribution in [2.75, 3.05) is 0 Å². The summed E-state index contributed by atoms with van der Waals surface area (Å²) in [5, 5.41) is -0.481. The summed E-state index contributed by atoms with van der Waals surface area (Å²) in [5.41, 5.74) is 1.26. The van der Waals surface area contributed by atoms with Crippen molar-refractivity contribution in [2.24, 2.45) is 0 Å². The van der Waals surface area contributed by atoms with Gasteiger partial charge in [0.2, 0.25) is 0 Å². The molecule has 1 heterocycles. The Morgan fingerprint density at radius 1 is 1.12 bits per heavy atom. The van der Waals surface area contributed by atoms with Gasteiger partial charge in [0.05, 0.1) is 19.1 Å². The van der Waals surface area contributed by atoms with Crippen LogP contribution in [0.1, 0.15) is 16.5 Å². The first-order valence-electron chi connectivity index (χ1n) is 4.53. The van der Waals surface area contributed by atoms with Crippen LogP contribution in [0.5, 0.6) is 0 Å². The molecule has 1 atom stereocenters. The number of halogens is 5. The van der Waals surface area contributed by atoms with E-state index < -0.39 is 11.2 Å². The van der Waals surface area contributed by atoms with E-state index in [-0.39, 0.29) is 5.02 Å². The van der Waals surface area contributed by atoms with Gasteiger partial charge < -0.3 is 0 Å². The fourth-order valence-corrected chi connectivity index (χ4v) is 3.45. The fourth-order valence-electron chi connectivity index (χ4n) is 1.38. The summed E-state index contributed by atoms with van der Waals surface area (Å²) >= 11 is 24.9. The molecule has 1 unspecified atom stereocenters. The summed E-state index contributed by atoms with van der Waals surface area (Å²) in [5.74, 6) is -0.507. The van der Waals surface area contributed by atoms with Crippen molar-refractivity contribution >= 4 is 57.7 Å². The van der Waals surface area contributed by atoms with Gasteiger partial charge in [-0.3, -0.25) is 0 Å². The molecule has 0 aliphatic heterocycles. The highest BCUT2D eigenvalue weighted by Crippen LogP contribution is 2.40. The van der Waals surface area contributed by atoms with Gasteiger partial charge in [0, 0.05) is 5.56 Å². The largest absolute Gasteiger partial charge is 0.205 e. The standard InChI is InChI=1S/C11H5Cl4FS/c12-7-2-1-5(3-8(7)16)10(14)6-4-9(13)17-11(6)15/h1-4,10H. The Kier molecular flexibility index (Phi) is 4.22. The highest BCUT2D eigenvalue weighted by atomic mass is 35.5. The Hall–Kier alpha value is 0.01000. The molecular weight excluding hydrogens is 325 g/mol. The zero-order chi connectivity index (χ0) is 12.6. The molecule has 0 N–H and O–H groups in total. The van der Waals surface area contributed by atoms with Crippen LogP contribution in [0.25, 0.3) is 0 Å². The molecule has 0 bridgehead atoms. The molecule has 0 saturated carbocycles. The Morgan fingerprint density at radius 2 is 1.82 bits per heavy atom. The third kappa shape index (κ3) is 2.88. The van der Waals surface area contributed by atoms with E-state index in [0.717, 1.165) is 0 Å². The minimum atomic E-state index is -0.544. The summed E-state index contributed by atoms with van der Waals surface area (Å²) in [6.45, 7) is 0. The van der Waals surface area contributed by atoms with Gasteiger partial charge in [0.15, 0.2) is 0 Å². The molecule has 0 fully saturated rings. The molecule has 0 aliphatic rings. The molecule has 0 amide bonds. The number of benzene rings is 1. The predicted molar refractivity (Wildman–Crippen MR) is 73.4 cm³/mol. The minimum absolute atomic E-state index is 0.0621. The van der Waals surface area contributed by atoms with Gasteiger partial charge in [0.1, 0.15) is 5.82 Å². The van der Waals surface area contributed by atoms with Gasteiger partial charge in [0.25, 0.3) is 0 Å². The van der Waals surface area contributed by atoms with Crippen LogP contribution in [0, 0.1) is 5.82 Å². The monoisotopic (exact) mass is 328 g/mol. The van der Waals surface area contributed by atoms with E-state index in [1.807, 2.05) is 0 Å². The lowest BCUT2D eigenvalue weighted by Crippen LogP contribution is -1.93. The van der Waals surface area contributed by atoms with Crippen molar-refractivity contribution in [1.29, 1.82) is 0 Å². The molecule has 1 aromatic carbocycles. The molecule has 0 saturated heterocycles. The molecule has 0 aliphatic carbocycles. The van der Waals surface area contributed by atoms with Gasteiger partial charge in [-0.25, -0.2) is 4.39 Å². The molecule has 0 spiro atoms. The number of hydrogen-bond acceptors (Lipinski definition) is 1. The average Bonchev–Trinajstić information content (AvgIpc) is 2.61.